The minimum absolute atomic E-state index is 0.000510. The molecule has 2 N–H and O–H groups in total. The number of carboxylic acid groups (broad SMARTS) is 1. The Morgan fingerprint density at radius 1 is 0.857 bits per heavy atom. The van der Waals surface area contributed by atoms with Crippen LogP contribution in [-0.4, -0.2) is 86.2 Å². The second kappa shape index (κ2) is 16.7. The van der Waals surface area contributed by atoms with Gasteiger partial charge in [-0.2, -0.15) is 0 Å². The van der Waals surface area contributed by atoms with Crippen LogP contribution >= 0.6 is 0 Å². The van der Waals surface area contributed by atoms with Crippen molar-refractivity contribution in [3.8, 4) is 11.5 Å². The molecule has 1 fully saturated rings. The highest BCUT2D eigenvalue weighted by atomic mass is 16.7. The third kappa shape index (κ3) is 8.80. The Balaban J connectivity index is 1.83. The summed E-state index contributed by atoms with van der Waals surface area (Å²) in [5, 5.41) is 13.1. The van der Waals surface area contributed by atoms with Crippen molar-refractivity contribution in [1.82, 2.24) is 10.2 Å². The van der Waals surface area contributed by atoms with E-state index in [0.717, 1.165) is 4.90 Å². The zero-order valence-corrected chi connectivity index (χ0v) is 28.0. The Bertz CT molecular complexity index is 1670. The first-order chi connectivity index (χ1) is 23.5. The second-order valence-corrected chi connectivity index (χ2v) is 11.6. The standard InChI is InChI=1S/C36H40N2O11/c1-21-16-26(17-22(2)32(21)48-20-46-5)33(41)37-30-27(31(40)28-18-25(23(3)39)13-14-29(28)47-19-45-4)12-9-15-38(36(43)44)34(30)49-35(42)24-10-7-6-8-11-24/h6-8,10-11,13-14,16-18,27,30,34H,9,12,15,19-20H2,1-5H3,(H,37,41)(H,43,44). The van der Waals surface area contributed by atoms with E-state index >= 15 is 0 Å². The summed E-state index contributed by atoms with van der Waals surface area (Å²) >= 11 is 0. The highest BCUT2D eigenvalue weighted by Gasteiger charge is 2.45. The van der Waals surface area contributed by atoms with Crippen molar-refractivity contribution in [1.29, 1.82) is 0 Å². The quantitative estimate of drug-likeness (QED) is 0.142. The first-order valence-electron chi connectivity index (χ1n) is 15.6. The van der Waals surface area contributed by atoms with E-state index in [4.69, 9.17) is 23.7 Å². The summed E-state index contributed by atoms with van der Waals surface area (Å²) in [6, 6.07) is 14.2. The molecule has 3 aromatic carbocycles. The summed E-state index contributed by atoms with van der Waals surface area (Å²) in [4.78, 5) is 67.8. The third-order valence-electron chi connectivity index (χ3n) is 8.11. The van der Waals surface area contributed by atoms with Crippen LogP contribution in [0.1, 0.15) is 72.3 Å². The minimum Gasteiger partial charge on any atom is -0.467 e. The molecule has 49 heavy (non-hydrogen) atoms. The van der Waals surface area contributed by atoms with Crippen molar-refractivity contribution >= 4 is 29.5 Å². The average Bonchev–Trinajstić information content (AvgIpc) is 3.26. The summed E-state index contributed by atoms with van der Waals surface area (Å²) in [6.45, 7) is 4.58. The number of benzene rings is 3. The molecule has 13 nitrogen and oxygen atoms in total. The maximum absolute atomic E-state index is 14.6. The smallest absolute Gasteiger partial charge is 0.410 e. The van der Waals surface area contributed by atoms with Gasteiger partial charge in [0.05, 0.1) is 17.2 Å². The molecular weight excluding hydrogens is 636 g/mol. The van der Waals surface area contributed by atoms with Crippen LogP contribution in [0.5, 0.6) is 11.5 Å². The Morgan fingerprint density at radius 2 is 1.51 bits per heavy atom. The van der Waals surface area contributed by atoms with Crippen LogP contribution in [-0.2, 0) is 14.2 Å². The number of hydrogen-bond donors (Lipinski definition) is 2. The first kappa shape index (κ1) is 36.6. The van der Waals surface area contributed by atoms with E-state index < -0.39 is 41.9 Å². The van der Waals surface area contributed by atoms with Gasteiger partial charge in [-0.15, -0.1) is 0 Å². The van der Waals surface area contributed by atoms with E-state index in [1.54, 1.807) is 44.2 Å². The molecule has 260 valence electrons. The van der Waals surface area contributed by atoms with Gasteiger partial charge in [0.15, 0.2) is 25.2 Å². The third-order valence-corrected chi connectivity index (χ3v) is 8.11. The minimum atomic E-state index is -1.61. The number of esters is 1. The highest BCUT2D eigenvalue weighted by Crippen LogP contribution is 2.33. The lowest BCUT2D eigenvalue weighted by Gasteiger charge is -2.35. The largest absolute Gasteiger partial charge is 0.467 e. The number of ether oxygens (including phenoxy) is 5. The fraction of sp³-hybridized carbons (Fsp3) is 0.361. The molecule has 13 heteroatoms. The maximum atomic E-state index is 14.6. The molecule has 0 bridgehead atoms. The van der Waals surface area contributed by atoms with Crippen molar-refractivity contribution in [3.05, 3.63) is 94.0 Å². The van der Waals surface area contributed by atoms with Crippen molar-refractivity contribution in [2.24, 2.45) is 5.92 Å². The fourth-order valence-corrected chi connectivity index (χ4v) is 5.79. The molecule has 0 aromatic heterocycles. The van der Waals surface area contributed by atoms with Gasteiger partial charge in [-0.1, -0.05) is 18.2 Å². The molecule has 1 aliphatic rings. The molecule has 0 saturated carbocycles. The Labute approximate surface area is 284 Å². The predicted octanol–water partition coefficient (Wildman–Crippen LogP) is 5.03. The molecule has 3 atom stereocenters. The predicted molar refractivity (Wildman–Crippen MR) is 176 cm³/mol. The normalized spacial score (nSPS) is 17.4. The van der Waals surface area contributed by atoms with Gasteiger partial charge in [-0.3, -0.25) is 19.3 Å². The first-order valence-corrected chi connectivity index (χ1v) is 15.6. The summed E-state index contributed by atoms with van der Waals surface area (Å²) in [5.74, 6) is -2.82. The highest BCUT2D eigenvalue weighted by molar-refractivity contribution is 6.04. The zero-order chi connectivity index (χ0) is 35.7. The van der Waals surface area contributed by atoms with Gasteiger partial charge in [0.25, 0.3) is 5.91 Å². The number of carbonyl (C=O) groups is 5. The van der Waals surface area contributed by atoms with Gasteiger partial charge in [-0.25, -0.2) is 9.59 Å². The van der Waals surface area contributed by atoms with Crippen molar-refractivity contribution in [2.45, 2.75) is 45.9 Å². The molecule has 1 aliphatic heterocycles. The topological polar surface area (TPSA) is 167 Å². The van der Waals surface area contributed by atoms with Gasteiger partial charge in [0.2, 0.25) is 6.23 Å². The molecule has 0 aliphatic carbocycles. The van der Waals surface area contributed by atoms with Gasteiger partial charge in [0.1, 0.15) is 11.5 Å². The molecular formula is C36H40N2O11. The van der Waals surface area contributed by atoms with E-state index in [1.165, 1.54) is 51.5 Å². The number of carbonyl (C=O) groups excluding carboxylic acids is 4. The number of ketones is 2. The van der Waals surface area contributed by atoms with Crippen LogP contribution in [0.25, 0.3) is 0 Å². The molecule has 0 spiro atoms. The van der Waals surface area contributed by atoms with Crippen molar-refractivity contribution in [2.75, 3.05) is 34.4 Å². The molecule has 1 saturated heterocycles. The zero-order valence-electron chi connectivity index (χ0n) is 28.0. The van der Waals surface area contributed by atoms with Gasteiger partial charge < -0.3 is 34.1 Å². The van der Waals surface area contributed by atoms with Gasteiger partial charge in [0, 0.05) is 37.8 Å². The van der Waals surface area contributed by atoms with Gasteiger partial charge in [-0.05, 0) is 87.2 Å². The molecule has 4 rings (SSSR count). The van der Waals surface area contributed by atoms with E-state index in [9.17, 15) is 29.1 Å². The molecule has 3 unspecified atom stereocenters. The average molecular weight is 677 g/mol. The summed E-state index contributed by atoms with van der Waals surface area (Å²) < 4.78 is 27.2. The molecule has 3 aromatic rings. The number of amides is 2. The van der Waals surface area contributed by atoms with Crippen LogP contribution in [0, 0.1) is 19.8 Å². The summed E-state index contributed by atoms with van der Waals surface area (Å²) in [6.07, 6.45) is -2.73. The molecule has 2 amide bonds. The van der Waals surface area contributed by atoms with Crippen LogP contribution in [0.4, 0.5) is 4.79 Å². The Kier molecular flexibility index (Phi) is 12.5. The van der Waals surface area contributed by atoms with Crippen molar-refractivity contribution in [3.63, 3.8) is 0 Å². The van der Waals surface area contributed by atoms with Crippen molar-refractivity contribution < 1.29 is 52.8 Å². The SMILES string of the molecule is COCOc1ccc(C(C)=O)cc1C(=O)C1CCCN(C(=O)O)C(OC(=O)c2ccccc2)C1NC(=O)c1cc(C)c(OCOC)c(C)c1. The van der Waals surface area contributed by atoms with E-state index in [0.29, 0.717) is 16.9 Å². The fourth-order valence-electron chi connectivity index (χ4n) is 5.79. The molecule has 1 heterocycles. The monoisotopic (exact) mass is 676 g/mol. The molecule has 0 radical (unpaired) electrons. The number of nitrogens with one attached hydrogen (secondary N) is 1. The van der Waals surface area contributed by atoms with E-state index in [2.05, 4.69) is 5.32 Å². The number of rotatable bonds is 13. The number of nitrogens with zero attached hydrogens (tertiary/aromatic N) is 1. The second-order valence-electron chi connectivity index (χ2n) is 11.6. The summed E-state index contributed by atoms with van der Waals surface area (Å²) in [5.41, 5.74) is 1.88. The lowest BCUT2D eigenvalue weighted by molar-refractivity contribution is -0.0416. The van der Waals surface area contributed by atoms with Crippen LogP contribution in [0.2, 0.25) is 0 Å². The lowest BCUT2D eigenvalue weighted by atomic mass is 9.85. The number of aryl methyl sites for hydroxylation is 2. The Morgan fingerprint density at radius 3 is 2.12 bits per heavy atom. The van der Waals surface area contributed by atoms with Crippen LogP contribution in [0.3, 0.4) is 0 Å². The van der Waals surface area contributed by atoms with Crippen LogP contribution < -0.4 is 14.8 Å². The number of methoxy groups -OCH3 is 2. The summed E-state index contributed by atoms with van der Waals surface area (Å²) in [7, 11) is 2.90. The number of likely N-dealkylation sites (tertiary alicyclic amines) is 1. The van der Waals surface area contributed by atoms with E-state index in [-0.39, 0.29) is 66.8 Å². The Hall–Kier alpha value is -5.27. The number of hydrogen-bond acceptors (Lipinski definition) is 10. The van der Waals surface area contributed by atoms with Gasteiger partial charge >= 0.3 is 12.1 Å². The number of Topliss-reactive ketones (excluding diaryl/α,β-unsaturated/α-hetero) is 2. The maximum Gasteiger partial charge on any atom is 0.410 e. The lowest BCUT2D eigenvalue weighted by Crippen LogP contribution is -2.58. The van der Waals surface area contributed by atoms with E-state index in [1.807, 2.05) is 0 Å². The van der Waals surface area contributed by atoms with Crippen LogP contribution in [0.15, 0.2) is 60.7 Å².